The number of aromatic amines is 1. The Morgan fingerprint density at radius 1 is 1.00 bits per heavy atom. The van der Waals surface area contributed by atoms with Crippen LogP contribution < -0.4 is 15.4 Å². The highest BCUT2D eigenvalue weighted by Gasteiger charge is 2.07. The van der Waals surface area contributed by atoms with Crippen molar-refractivity contribution in [2.24, 2.45) is 0 Å². The Morgan fingerprint density at radius 2 is 1.86 bits per heavy atom. The number of rotatable bonds is 7. The van der Waals surface area contributed by atoms with Gasteiger partial charge in [-0.15, -0.1) is 0 Å². The Kier molecular flexibility index (Phi) is 5.15. The molecule has 0 fully saturated rings. The van der Waals surface area contributed by atoms with Gasteiger partial charge in [0.1, 0.15) is 5.75 Å². The van der Waals surface area contributed by atoms with E-state index in [4.69, 9.17) is 4.74 Å². The van der Waals surface area contributed by atoms with Crippen LogP contribution in [0.2, 0.25) is 0 Å². The summed E-state index contributed by atoms with van der Waals surface area (Å²) in [6, 6.07) is 16.5. The first-order chi connectivity index (χ1) is 13.7. The summed E-state index contributed by atoms with van der Waals surface area (Å²) in [5.74, 6) is 0.814. The highest BCUT2D eigenvalue weighted by Crippen LogP contribution is 2.29. The number of pyridine rings is 1. The maximum absolute atomic E-state index is 5.57. The number of nitrogens with zero attached hydrogens (tertiary/aromatic N) is 1. The van der Waals surface area contributed by atoms with Gasteiger partial charge >= 0.3 is 0 Å². The molecule has 0 aliphatic rings. The normalized spacial score (nSPS) is 10.8. The average molecular weight is 372 g/mol. The van der Waals surface area contributed by atoms with Crippen LogP contribution in [0.15, 0.2) is 67.1 Å². The zero-order valence-electron chi connectivity index (χ0n) is 16.1. The van der Waals surface area contributed by atoms with Crippen molar-refractivity contribution in [3.05, 3.63) is 78.2 Å². The molecule has 142 valence electrons. The molecular weight excluding hydrogens is 348 g/mol. The Bertz CT molecular complexity index is 1070. The minimum Gasteiger partial charge on any atom is -0.495 e. The van der Waals surface area contributed by atoms with Crippen LogP contribution in [-0.2, 0) is 6.42 Å². The molecule has 4 rings (SSSR count). The minimum absolute atomic E-state index is 0.814. The number of H-pyrrole nitrogens is 1. The number of anilines is 3. The molecule has 2 aromatic carbocycles. The summed E-state index contributed by atoms with van der Waals surface area (Å²) in [5, 5.41) is 8.14. The zero-order chi connectivity index (χ0) is 19.3. The third-order valence-corrected chi connectivity index (χ3v) is 4.80. The van der Waals surface area contributed by atoms with E-state index in [1.54, 1.807) is 19.5 Å². The second kappa shape index (κ2) is 8.05. The van der Waals surface area contributed by atoms with Crippen LogP contribution >= 0.6 is 0 Å². The molecule has 28 heavy (non-hydrogen) atoms. The lowest BCUT2D eigenvalue weighted by atomic mass is 10.1. The predicted octanol–water partition coefficient (Wildman–Crippen LogP) is 5.28. The fourth-order valence-electron chi connectivity index (χ4n) is 3.36. The summed E-state index contributed by atoms with van der Waals surface area (Å²) in [7, 11) is 1.69. The van der Waals surface area contributed by atoms with Crippen LogP contribution in [0.3, 0.4) is 0 Å². The van der Waals surface area contributed by atoms with E-state index in [0.29, 0.717) is 0 Å². The standard InChI is InChI=1S/C23H24N4O/c1-16-3-5-20-17(15-26-22(20)13-16)7-12-25-21-6-4-19(14-23(21)28-2)27-18-8-10-24-11-9-18/h3-6,8-11,13-15,25-26H,7,12H2,1-2H3,(H,24,27). The maximum atomic E-state index is 5.57. The summed E-state index contributed by atoms with van der Waals surface area (Å²) in [4.78, 5) is 7.40. The van der Waals surface area contributed by atoms with Gasteiger partial charge in [0.25, 0.3) is 0 Å². The van der Waals surface area contributed by atoms with Crippen LogP contribution in [0.4, 0.5) is 17.1 Å². The molecule has 0 atom stereocenters. The number of aryl methyl sites for hydroxylation is 1. The number of hydrogen-bond donors (Lipinski definition) is 3. The van der Waals surface area contributed by atoms with E-state index in [9.17, 15) is 0 Å². The first-order valence-electron chi connectivity index (χ1n) is 9.38. The van der Waals surface area contributed by atoms with E-state index in [1.807, 2.05) is 30.3 Å². The fourth-order valence-corrected chi connectivity index (χ4v) is 3.36. The highest BCUT2D eigenvalue weighted by molar-refractivity contribution is 5.83. The lowest BCUT2D eigenvalue weighted by Gasteiger charge is -2.14. The van der Waals surface area contributed by atoms with Gasteiger partial charge in [-0.2, -0.15) is 0 Å². The van der Waals surface area contributed by atoms with Gasteiger partial charge in [-0.25, -0.2) is 0 Å². The molecule has 2 aromatic heterocycles. The number of fused-ring (bicyclic) bond motifs is 1. The molecule has 0 unspecified atom stereocenters. The van der Waals surface area contributed by atoms with Crippen molar-refractivity contribution in [2.45, 2.75) is 13.3 Å². The second-order valence-corrected chi connectivity index (χ2v) is 6.82. The van der Waals surface area contributed by atoms with Crippen molar-refractivity contribution in [2.75, 3.05) is 24.3 Å². The molecule has 2 heterocycles. The van der Waals surface area contributed by atoms with Gasteiger partial charge in [0.15, 0.2) is 0 Å². The third-order valence-electron chi connectivity index (χ3n) is 4.80. The van der Waals surface area contributed by atoms with Crippen LogP contribution in [0.1, 0.15) is 11.1 Å². The van der Waals surface area contributed by atoms with Crippen LogP contribution in [0.5, 0.6) is 5.75 Å². The van der Waals surface area contributed by atoms with Crippen molar-refractivity contribution in [3.8, 4) is 5.75 Å². The van der Waals surface area contributed by atoms with Crippen LogP contribution in [-0.4, -0.2) is 23.6 Å². The predicted molar refractivity (Wildman–Crippen MR) is 116 cm³/mol. The molecule has 5 nitrogen and oxygen atoms in total. The van der Waals surface area contributed by atoms with Crippen LogP contribution in [0, 0.1) is 6.92 Å². The Labute approximate surface area is 164 Å². The molecule has 0 spiro atoms. The highest BCUT2D eigenvalue weighted by atomic mass is 16.5. The quantitative estimate of drug-likeness (QED) is 0.413. The van der Waals surface area contributed by atoms with Gasteiger partial charge < -0.3 is 20.4 Å². The number of hydrogen-bond acceptors (Lipinski definition) is 4. The Morgan fingerprint density at radius 3 is 2.68 bits per heavy atom. The fraction of sp³-hybridized carbons (Fsp3) is 0.174. The first-order valence-corrected chi connectivity index (χ1v) is 9.38. The van der Waals surface area contributed by atoms with E-state index in [1.165, 1.54) is 22.0 Å². The van der Waals surface area contributed by atoms with E-state index in [0.717, 1.165) is 35.8 Å². The zero-order valence-corrected chi connectivity index (χ0v) is 16.1. The van der Waals surface area contributed by atoms with Crippen molar-refractivity contribution in [1.82, 2.24) is 9.97 Å². The molecule has 3 N–H and O–H groups in total. The summed E-state index contributed by atoms with van der Waals surface area (Å²) >= 11 is 0. The van der Waals surface area contributed by atoms with Gasteiger partial charge in [0.2, 0.25) is 0 Å². The molecule has 0 saturated heterocycles. The number of ether oxygens (including phenoxy) is 1. The molecule has 0 radical (unpaired) electrons. The van der Waals surface area contributed by atoms with Crippen molar-refractivity contribution >= 4 is 28.0 Å². The lowest BCUT2D eigenvalue weighted by molar-refractivity contribution is 0.416. The Balaban J connectivity index is 1.42. The number of nitrogens with one attached hydrogen (secondary N) is 3. The van der Waals surface area contributed by atoms with E-state index < -0.39 is 0 Å². The summed E-state index contributed by atoms with van der Waals surface area (Å²) < 4.78 is 5.57. The molecule has 0 aliphatic heterocycles. The number of benzene rings is 2. The molecule has 5 heteroatoms. The van der Waals surface area contributed by atoms with Crippen LogP contribution in [0.25, 0.3) is 10.9 Å². The van der Waals surface area contributed by atoms with E-state index in [2.05, 4.69) is 51.9 Å². The molecule has 0 amide bonds. The minimum atomic E-state index is 0.814. The largest absolute Gasteiger partial charge is 0.495 e. The third kappa shape index (κ3) is 3.93. The average Bonchev–Trinajstić information content (AvgIpc) is 3.11. The van der Waals surface area contributed by atoms with E-state index >= 15 is 0 Å². The molecule has 4 aromatic rings. The van der Waals surface area contributed by atoms with Gasteiger partial charge in [0, 0.05) is 53.5 Å². The smallest absolute Gasteiger partial charge is 0.144 e. The van der Waals surface area contributed by atoms with E-state index in [-0.39, 0.29) is 0 Å². The molecule has 0 aliphatic carbocycles. The van der Waals surface area contributed by atoms with Crippen molar-refractivity contribution in [3.63, 3.8) is 0 Å². The Hall–Kier alpha value is -3.47. The number of methoxy groups -OCH3 is 1. The summed E-state index contributed by atoms with van der Waals surface area (Å²) in [5.41, 5.74) is 6.73. The van der Waals surface area contributed by atoms with Gasteiger partial charge in [-0.3, -0.25) is 4.98 Å². The molecular formula is C23H24N4O. The van der Waals surface area contributed by atoms with Gasteiger partial charge in [-0.05, 0) is 54.8 Å². The summed E-state index contributed by atoms with van der Waals surface area (Å²) in [6.45, 7) is 2.94. The lowest BCUT2D eigenvalue weighted by Crippen LogP contribution is -2.06. The van der Waals surface area contributed by atoms with Crippen molar-refractivity contribution in [1.29, 1.82) is 0 Å². The topological polar surface area (TPSA) is 62.0 Å². The monoisotopic (exact) mass is 372 g/mol. The maximum Gasteiger partial charge on any atom is 0.144 e. The van der Waals surface area contributed by atoms with Gasteiger partial charge in [-0.1, -0.05) is 12.1 Å². The SMILES string of the molecule is COc1cc(Nc2ccncc2)ccc1NCCc1c[nH]c2cc(C)ccc12. The van der Waals surface area contributed by atoms with Crippen molar-refractivity contribution < 1.29 is 4.74 Å². The summed E-state index contributed by atoms with van der Waals surface area (Å²) in [6.07, 6.45) is 6.57. The number of aromatic nitrogens is 2. The first kappa shape index (κ1) is 17.9. The van der Waals surface area contributed by atoms with Gasteiger partial charge in [0.05, 0.1) is 12.8 Å². The molecule has 0 bridgehead atoms. The second-order valence-electron chi connectivity index (χ2n) is 6.82. The molecule has 0 saturated carbocycles.